The number of nitrogens with one attached hydrogen (secondary N) is 2. The Morgan fingerprint density at radius 3 is 3.16 bits per heavy atom. The standard InChI is InChI=1S/C13H19N5O/c1-18-5-3-10(14-4-6-18)9-7-15-11-8-16-13(19-2)17-12(9)11/h7-8,10,14-15H,3-6H2,1-2H3. The third-order valence-electron chi connectivity index (χ3n) is 3.67. The Morgan fingerprint density at radius 1 is 1.42 bits per heavy atom. The van der Waals surface area contributed by atoms with Gasteiger partial charge in [0.1, 0.15) is 0 Å². The van der Waals surface area contributed by atoms with Crippen LogP contribution in [0.4, 0.5) is 0 Å². The minimum atomic E-state index is 0.332. The summed E-state index contributed by atoms with van der Waals surface area (Å²) in [5, 5.41) is 3.58. The summed E-state index contributed by atoms with van der Waals surface area (Å²) in [5.74, 6) is 0. The number of nitrogens with zero attached hydrogens (tertiary/aromatic N) is 3. The number of aromatic nitrogens is 3. The summed E-state index contributed by atoms with van der Waals surface area (Å²) in [6.07, 6.45) is 4.88. The Morgan fingerprint density at radius 2 is 2.32 bits per heavy atom. The van der Waals surface area contributed by atoms with Gasteiger partial charge in [-0.25, -0.2) is 4.98 Å². The highest BCUT2D eigenvalue weighted by molar-refractivity contribution is 5.78. The van der Waals surface area contributed by atoms with Gasteiger partial charge in [-0.15, -0.1) is 0 Å². The van der Waals surface area contributed by atoms with Crippen LogP contribution in [0.5, 0.6) is 6.01 Å². The maximum absolute atomic E-state index is 5.11. The number of likely N-dealkylation sites (N-methyl/N-ethyl adjacent to an activating group) is 1. The number of hydrogen-bond donors (Lipinski definition) is 2. The van der Waals surface area contributed by atoms with Crippen molar-refractivity contribution in [2.75, 3.05) is 33.8 Å². The lowest BCUT2D eigenvalue weighted by Gasteiger charge is -2.14. The van der Waals surface area contributed by atoms with E-state index in [9.17, 15) is 0 Å². The number of H-pyrrole nitrogens is 1. The van der Waals surface area contributed by atoms with E-state index in [0.717, 1.165) is 37.1 Å². The summed E-state index contributed by atoms with van der Waals surface area (Å²) < 4.78 is 5.11. The number of fused-ring (bicyclic) bond motifs is 1. The predicted octanol–water partition coefficient (Wildman–Crippen LogP) is 0.933. The molecular weight excluding hydrogens is 242 g/mol. The quantitative estimate of drug-likeness (QED) is 0.842. The van der Waals surface area contributed by atoms with E-state index in [4.69, 9.17) is 4.74 Å². The van der Waals surface area contributed by atoms with E-state index in [2.05, 4.69) is 32.2 Å². The topological polar surface area (TPSA) is 66.1 Å². The molecule has 1 atom stereocenters. The number of rotatable bonds is 2. The molecule has 0 saturated carbocycles. The van der Waals surface area contributed by atoms with Crippen LogP contribution in [0.2, 0.25) is 0 Å². The molecule has 102 valence electrons. The summed E-state index contributed by atoms with van der Waals surface area (Å²) in [4.78, 5) is 14.2. The predicted molar refractivity (Wildman–Crippen MR) is 73.3 cm³/mol. The van der Waals surface area contributed by atoms with Crippen LogP contribution in [0.15, 0.2) is 12.4 Å². The van der Waals surface area contributed by atoms with Crippen molar-refractivity contribution >= 4 is 11.0 Å². The second kappa shape index (κ2) is 5.14. The van der Waals surface area contributed by atoms with Gasteiger partial charge in [-0.2, -0.15) is 4.98 Å². The molecule has 1 saturated heterocycles. The maximum Gasteiger partial charge on any atom is 0.316 e. The van der Waals surface area contributed by atoms with Gasteiger partial charge in [0.05, 0.1) is 24.3 Å². The zero-order valence-electron chi connectivity index (χ0n) is 11.3. The Hall–Kier alpha value is -1.66. The summed E-state index contributed by atoms with van der Waals surface area (Å²) in [5.41, 5.74) is 3.11. The third-order valence-corrected chi connectivity index (χ3v) is 3.67. The average Bonchev–Trinajstić information content (AvgIpc) is 2.73. The van der Waals surface area contributed by atoms with Crippen molar-refractivity contribution in [1.29, 1.82) is 0 Å². The van der Waals surface area contributed by atoms with E-state index < -0.39 is 0 Å². The summed E-state index contributed by atoms with van der Waals surface area (Å²) >= 11 is 0. The van der Waals surface area contributed by atoms with Crippen molar-refractivity contribution in [2.24, 2.45) is 0 Å². The Bertz CT molecular complexity index is 567. The van der Waals surface area contributed by atoms with Crippen LogP contribution in [0, 0.1) is 0 Å². The zero-order valence-corrected chi connectivity index (χ0v) is 11.3. The molecule has 0 spiro atoms. The first-order chi connectivity index (χ1) is 9.28. The molecule has 2 aromatic rings. The van der Waals surface area contributed by atoms with Gasteiger partial charge >= 0.3 is 6.01 Å². The maximum atomic E-state index is 5.11. The second-order valence-corrected chi connectivity index (χ2v) is 4.96. The molecule has 1 aliphatic rings. The largest absolute Gasteiger partial charge is 0.467 e. The van der Waals surface area contributed by atoms with Gasteiger partial charge < -0.3 is 19.9 Å². The molecule has 2 aromatic heterocycles. The average molecular weight is 261 g/mol. The number of aromatic amines is 1. The fourth-order valence-corrected chi connectivity index (χ4v) is 2.54. The Labute approximate surface area is 112 Å². The molecule has 0 aromatic carbocycles. The molecule has 1 unspecified atom stereocenters. The molecule has 6 nitrogen and oxygen atoms in total. The molecule has 2 N–H and O–H groups in total. The van der Waals surface area contributed by atoms with Gasteiger partial charge in [0.2, 0.25) is 0 Å². The molecule has 3 heterocycles. The van der Waals surface area contributed by atoms with Crippen LogP contribution in [0.1, 0.15) is 18.0 Å². The van der Waals surface area contributed by atoms with Crippen molar-refractivity contribution in [3.8, 4) is 6.01 Å². The lowest BCUT2D eigenvalue weighted by molar-refractivity contribution is 0.355. The lowest BCUT2D eigenvalue weighted by atomic mass is 10.1. The molecule has 19 heavy (non-hydrogen) atoms. The van der Waals surface area contributed by atoms with Gasteiger partial charge in [-0.3, -0.25) is 0 Å². The van der Waals surface area contributed by atoms with Crippen LogP contribution in [-0.2, 0) is 0 Å². The molecule has 0 radical (unpaired) electrons. The first-order valence-electron chi connectivity index (χ1n) is 6.58. The summed E-state index contributed by atoms with van der Waals surface area (Å²) in [6.45, 7) is 3.17. The third kappa shape index (κ3) is 2.41. The lowest BCUT2D eigenvalue weighted by Crippen LogP contribution is -2.25. The molecule has 0 aliphatic carbocycles. The fraction of sp³-hybridized carbons (Fsp3) is 0.538. The van der Waals surface area contributed by atoms with E-state index >= 15 is 0 Å². The van der Waals surface area contributed by atoms with Crippen molar-refractivity contribution in [2.45, 2.75) is 12.5 Å². The molecule has 6 heteroatoms. The van der Waals surface area contributed by atoms with Gasteiger partial charge in [0, 0.05) is 30.9 Å². The normalized spacial score (nSPS) is 21.5. The van der Waals surface area contributed by atoms with E-state index in [-0.39, 0.29) is 0 Å². The van der Waals surface area contributed by atoms with Crippen LogP contribution >= 0.6 is 0 Å². The summed E-state index contributed by atoms with van der Waals surface area (Å²) in [6, 6.07) is 0.748. The molecule has 1 fully saturated rings. The highest BCUT2D eigenvalue weighted by Crippen LogP contribution is 2.26. The highest BCUT2D eigenvalue weighted by Gasteiger charge is 2.20. The van der Waals surface area contributed by atoms with Crippen molar-refractivity contribution < 1.29 is 4.74 Å². The van der Waals surface area contributed by atoms with Crippen LogP contribution in [-0.4, -0.2) is 53.6 Å². The first kappa shape index (κ1) is 12.4. The van der Waals surface area contributed by atoms with Gasteiger partial charge in [0.25, 0.3) is 0 Å². The van der Waals surface area contributed by atoms with Gasteiger partial charge in [-0.05, 0) is 20.0 Å². The van der Waals surface area contributed by atoms with E-state index in [1.165, 1.54) is 5.56 Å². The highest BCUT2D eigenvalue weighted by atomic mass is 16.5. The van der Waals surface area contributed by atoms with Gasteiger partial charge in [0.15, 0.2) is 0 Å². The molecule has 1 aliphatic heterocycles. The Balaban J connectivity index is 1.95. The van der Waals surface area contributed by atoms with Crippen LogP contribution in [0.25, 0.3) is 11.0 Å². The number of methoxy groups -OCH3 is 1. The number of ether oxygens (including phenoxy) is 1. The fourth-order valence-electron chi connectivity index (χ4n) is 2.54. The minimum absolute atomic E-state index is 0.332. The van der Waals surface area contributed by atoms with Crippen LogP contribution in [0.3, 0.4) is 0 Å². The zero-order chi connectivity index (χ0) is 13.2. The molecule has 0 amide bonds. The van der Waals surface area contributed by atoms with Crippen LogP contribution < -0.4 is 10.1 Å². The minimum Gasteiger partial charge on any atom is -0.467 e. The SMILES string of the molecule is COc1ncc2[nH]cc(C3CCN(C)CCN3)c2n1. The molecule has 0 bridgehead atoms. The second-order valence-electron chi connectivity index (χ2n) is 4.96. The molecule has 3 rings (SSSR count). The Kier molecular flexibility index (Phi) is 3.35. The van der Waals surface area contributed by atoms with Crippen molar-refractivity contribution in [3.63, 3.8) is 0 Å². The van der Waals surface area contributed by atoms with E-state index in [1.807, 2.05) is 6.20 Å². The van der Waals surface area contributed by atoms with E-state index in [1.54, 1.807) is 13.3 Å². The smallest absolute Gasteiger partial charge is 0.316 e. The first-order valence-corrected chi connectivity index (χ1v) is 6.58. The number of hydrogen-bond acceptors (Lipinski definition) is 5. The summed E-state index contributed by atoms with van der Waals surface area (Å²) in [7, 11) is 3.75. The molecular formula is C13H19N5O. The van der Waals surface area contributed by atoms with Crippen molar-refractivity contribution in [3.05, 3.63) is 18.0 Å². The van der Waals surface area contributed by atoms with Crippen molar-refractivity contribution in [1.82, 2.24) is 25.2 Å². The monoisotopic (exact) mass is 261 g/mol. The van der Waals surface area contributed by atoms with E-state index in [0.29, 0.717) is 12.1 Å². The van der Waals surface area contributed by atoms with Gasteiger partial charge in [-0.1, -0.05) is 0 Å².